The molecule has 0 radical (unpaired) electrons. The predicted octanol–water partition coefficient (Wildman–Crippen LogP) is 2.81. The van der Waals surface area contributed by atoms with Gasteiger partial charge in [0.25, 0.3) is 0 Å². The second-order valence-electron chi connectivity index (χ2n) is 5.76. The van der Waals surface area contributed by atoms with Crippen LogP contribution in [0.15, 0.2) is 11.8 Å². The number of halogens is 3. The molecule has 0 aromatic carbocycles. The zero-order valence-electron chi connectivity index (χ0n) is 12.4. The van der Waals surface area contributed by atoms with E-state index >= 15 is 0 Å². The molecule has 10 heteroatoms. The number of alkyl halides is 3. The number of nitrogens with one attached hydrogen (secondary N) is 1. The Morgan fingerprint density at radius 1 is 1.32 bits per heavy atom. The summed E-state index contributed by atoms with van der Waals surface area (Å²) >= 11 is 0. The van der Waals surface area contributed by atoms with Crippen LogP contribution in [0.3, 0.4) is 0 Å². The molecule has 0 bridgehead atoms. The van der Waals surface area contributed by atoms with Crippen LogP contribution >= 0.6 is 0 Å². The van der Waals surface area contributed by atoms with Crippen molar-refractivity contribution >= 4 is 16.2 Å². The van der Waals surface area contributed by atoms with Crippen molar-refractivity contribution < 1.29 is 35.3 Å². The van der Waals surface area contributed by atoms with Crippen LogP contribution in [-0.4, -0.2) is 31.7 Å². The largest absolute Gasteiger partial charge is 0.534 e. The van der Waals surface area contributed by atoms with Crippen LogP contribution in [-0.2, 0) is 19.0 Å². The minimum atomic E-state index is -5.69. The molecule has 0 heterocycles. The Morgan fingerprint density at radius 2 is 1.91 bits per heavy atom. The lowest BCUT2D eigenvalue weighted by Gasteiger charge is -2.25. The van der Waals surface area contributed by atoms with Gasteiger partial charge in [-0.15, -0.1) is 0 Å². The molecule has 0 aromatic heterocycles. The summed E-state index contributed by atoms with van der Waals surface area (Å²) in [7, 11) is -5.69. The maximum Gasteiger partial charge on any atom is 0.534 e. The summed E-state index contributed by atoms with van der Waals surface area (Å²) in [4.78, 5) is 11.6. The zero-order valence-corrected chi connectivity index (χ0v) is 13.2. The van der Waals surface area contributed by atoms with Crippen LogP contribution in [0.4, 0.5) is 18.0 Å². The lowest BCUT2D eigenvalue weighted by molar-refractivity contribution is -0.0524. The molecule has 0 aromatic rings. The van der Waals surface area contributed by atoms with Gasteiger partial charge in [0.15, 0.2) is 0 Å². The molecule has 6 nitrogen and oxygen atoms in total. The fourth-order valence-corrected chi connectivity index (χ4v) is 2.23. The molecule has 1 N–H and O–H groups in total. The van der Waals surface area contributed by atoms with Gasteiger partial charge in [0, 0.05) is 6.42 Å². The predicted molar refractivity (Wildman–Crippen MR) is 71.2 cm³/mol. The van der Waals surface area contributed by atoms with Crippen molar-refractivity contribution in [2.24, 2.45) is 0 Å². The lowest BCUT2D eigenvalue weighted by Crippen LogP contribution is -2.39. The molecule has 0 unspecified atom stereocenters. The normalized spacial score (nSPS) is 20.1. The first kappa shape index (κ1) is 18.6. The van der Waals surface area contributed by atoms with Gasteiger partial charge in [0.2, 0.25) is 0 Å². The summed E-state index contributed by atoms with van der Waals surface area (Å²) in [6, 6.07) is -0.651. The number of hydrogen-bond donors (Lipinski definition) is 1. The average molecular weight is 345 g/mol. The Morgan fingerprint density at radius 3 is 2.41 bits per heavy atom. The van der Waals surface area contributed by atoms with Crippen molar-refractivity contribution in [3.63, 3.8) is 0 Å². The van der Waals surface area contributed by atoms with E-state index in [1.165, 1.54) is 0 Å². The molecule has 1 aliphatic rings. The molecule has 0 spiro atoms. The number of ether oxygens (including phenoxy) is 1. The number of amides is 1. The Hall–Kier alpha value is -1.45. The first-order valence-electron chi connectivity index (χ1n) is 6.51. The maximum atomic E-state index is 12.3. The van der Waals surface area contributed by atoms with Crippen molar-refractivity contribution in [3.8, 4) is 0 Å². The molecule has 22 heavy (non-hydrogen) atoms. The van der Waals surface area contributed by atoms with Gasteiger partial charge in [-0.3, -0.25) is 0 Å². The molecule has 1 amide bonds. The van der Waals surface area contributed by atoms with Crippen LogP contribution in [0.25, 0.3) is 0 Å². The van der Waals surface area contributed by atoms with E-state index in [1.807, 2.05) is 0 Å². The van der Waals surface area contributed by atoms with Crippen LogP contribution in [0, 0.1) is 0 Å². The quantitative estimate of drug-likeness (QED) is 0.628. The Balaban J connectivity index is 2.72. The fourth-order valence-electron chi connectivity index (χ4n) is 1.72. The van der Waals surface area contributed by atoms with Crippen LogP contribution in [0.2, 0.25) is 0 Å². The SMILES string of the molecule is CC(C)(C)OC(=O)N[C@@H]1C=C(OS(=O)(=O)C(F)(F)F)CCC1. The van der Waals surface area contributed by atoms with Crippen LogP contribution in [0.5, 0.6) is 0 Å². The lowest BCUT2D eigenvalue weighted by atomic mass is 10.0. The second-order valence-corrected chi connectivity index (χ2v) is 7.30. The number of carbonyl (C=O) groups is 1. The van der Waals surface area contributed by atoms with Gasteiger partial charge in [0.05, 0.1) is 6.04 Å². The summed E-state index contributed by atoms with van der Waals surface area (Å²) in [6.07, 6.45) is 1.27. The zero-order chi connectivity index (χ0) is 17.2. The van der Waals surface area contributed by atoms with Crippen molar-refractivity contribution in [2.45, 2.75) is 57.2 Å². The van der Waals surface area contributed by atoms with E-state index in [-0.39, 0.29) is 12.2 Å². The van der Waals surface area contributed by atoms with Gasteiger partial charge in [-0.05, 0) is 39.7 Å². The number of carbonyl (C=O) groups excluding carboxylic acids is 1. The third-order valence-electron chi connectivity index (χ3n) is 2.53. The van der Waals surface area contributed by atoms with Gasteiger partial charge in [-0.2, -0.15) is 21.6 Å². The summed E-state index contributed by atoms with van der Waals surface area (Å²) in [5, 5.41) is 2.44. The van der Waals surface area contributed by atoms with E-state index in [2.05, 4.69) is 9.50 Å². The van der Waals surface area contributed by atoms with E-state index in [4.69, 9.17) is 4.74 Å². The first-order valence-corrected chi connectivity index (χ1v) is 7.92. The fraction of sp³-hybridized carbons (Fsp3) is 0.750. The molecule has 1 aliphatic carbocycles. The molecule has 128 valence electrons. The molecular weight excluding hydrogens is 327 g/mol. The van der Waals surface area contributed by atoms with E-state index in [0.717, 1.165) is 6.08 Å². The molecule has 0 saturated carbocycles. The molecule has 0 saturated heterocycles. The number of rotatable bonds is 3. The Bertz CT molecular complexity index is 548. The molecular formula is C12H18F3NO5S. The summed E-state index contributed by atoms with van der Waals surface area (Å²) < 4.78 is 67.7. The minimum Gasteiger partial charge on any atom is -0.444 e. The molecule has 0 aliphatic heterocycles. The van der Waals surface area contributed by atoms with Gasteiger partial charge in [-0.25, -0.2) is 4.79 Å². The second kappa shape index (κ2) is 6.35. The van der Waals surface area contributed by atoms with E-state index in [1.54, 1.807) is 20.8 Å². The van der Waals surface area contributed by atoms with Crippen molar-refractivity contribution in [2.75, 3.05) is 0 Å². The van der Waals surface area contributed by atoms with Crippen molar-refractivity contribution in [3.05, 3.63) is 11.8 Å². The monoisotopic (exact) mass is 345 g/mol. The average Bonchev–Trinajstić information content (AvgIpc) is 2.23. The highest BCUT2D eigenvalue weighted by atomic mass is 32.2. The van der Waals surface area contributed by atoms with Gasteiger partial charge >= 0.3 is 21.7 Å². The smallest absolute Gasteiger partial charge is 0.444 e. The summed E-state index contributed by atoms with van der Waals surface area (Å²) in [5.41, 5.74) is -6.21. The highest BCUT2D eigenvalue weighted by Crippen LogP contribution is 2.29. The third kappa shape index (κ3) is 5.74. The molecule has 1 atom stereocenters. The standard InChI is InChI=1S/C12H18F3NO5S/c1-11(2,3)20-10(17)16-8-5-4-6-9(7-8)21-22(18,19)12(13,14)15/h7-8H,4-6H2,1-3H3,(H,16,17)/t8-/m0/s1. The van der Waals surface area contributed by atoms with Gasteiger partial charge in [-0.1, -0.05) is 0 Å². The molecule has 1 rings (SSSR count). The summed E-state index contributed by atoms with van der Waals surface area (Å²) in [5.74, 6) is -0.343. The number of allylic oxidation sites excluding steroid dienone is 1. The maximum absolute atomic E-state index is 12.3. The Kier molecular flexibility index (Phi) is 5.37. The van der Waals surface area contributed by atoms with E-state index in [0.29, 0.717) is 12.8 Å². The Labute approximate surface area is 126 Å². The van der Waals surface area contributed by atoms with Gasteiger partial charge in [0.1, 0.15) is 11.4 Å². The highest BCUT2D eigenvalue weighted by Gasteiger charge is 2.49. The van der Waals surface area contributed by atoms with Crippen molar-refractivity contribution in [1.82, 2.24) is 5.32 Å². The topological polar surface area (TPSA) is 81.7 Å². The minimum absolute atomic E-state index is 0.0435. The first-order chi connectivity index (χ1) is 9.80. The number of hydrogen-bond acceptors (Lipinski definition) is 5. The third-order valence-corrected chi connectivity index (χ3v) is 3.53. The summed E-state index contributed by atoms with van der Waals surface area (Å²) in [6.45, 7) is 4.98. The van der Waals surface area contributed by atoms with E-state index < -0.39 is 33.4 Å². The van der Waals surface area contributed by atoms with Crippen LogP contribution < -0.4 is 5.32 Å². The highest BCUT2D eigenvalue weighted by molar-refractivity contribution is 7.87. The van der Waals surface area contributed by atoms with Gasteiger partial charge < -0.3 is 14.2 Å². The number of alkyl carbamates (subject to hydrolysis) is 1. The van der Waals surface area contributed by atoms with E-state index in [9.17, 15) is 26.4 Å². The van der Waals surface area contributed by atoms with Crippen LogP contribution in [0.1, 0.15) is 40.0 Å². The van der Waals surface area contributed by atoms with Crippen molar-refractivity contribution in [1.29, 1.82) is 0 Å². The molecule has 0 fully saturated rings.